The van der Waals surface area contributed by atoms with Crippen molar-refractivity contribution >= 4 is 50.5 Å². The van der Waals surface area contributed by atoms with Crippen LogP contribution in [0.3, 0.4) is 0 Å². The van der Waals surface area contributed by atoms with Crippen LogP contribution in [-0.2, 0) is 14.8 Å². The van der Waals surface area contributed by atoms with Crippen LogP contribution in [0.2, 0.25) is 0 Å². The van der Waals surface area contributed by atoms with Crippen LogP contribution in [-0.4, -0.2) is 60.0 Å². The molecule has 2 aromatic carbocycles. The molecule has 10 nitrogen and oxygen atoms in total. The zero-order valence-corrected chi connectivity index (χ0v) is 21.4. The van der Waals surface area contributed by atoms with Crippen molar-refractivity contribution in [2.45, 2.75) is 4.90 Å². The first kappa shape index (κ1) is 23.5. The van der Waals surface area contributed by atoms with Crippen LogP contribution in [0.4, 0.5) is 5.82 Å². The van der Waals surface area contributed by atoms with Crippen molar-refractivity contribution < 1.29 is 17.9 Å². The van der Waals surface area contributed by atoms with Crippen LogP contribution < -0.4 is 9.62 Å². The number of sulfonamides is 1. The number of fused-ring (bicyclic) bond motifs is 3. The molecule has 0 radical (unpaired) electrons. The van der Waals surface area contributed by atoms with Crippen molar-refractivity contribution in [2.24, 2.45) is 0 Å². The molecule has 1 fully saturated rings. The molecule has 0 aliphatic carbocycles. The van der Waals surface area contributed by atoms with Crippen molar-refractivity contribution in [2.75, 3.05) is 31.2 Å². The number of nitrogens with one attached hydrogen (secondary N) is 1. The van der Waals surface area contributed by atoms with Gasteiger partial charge in [-0.3, -0.25) is 9.20 Å². The Kier molecular flexibility index (Phi) is 5.42. The smallest absolute Gasteiger partial charge is 0.266 e. The number of pyridine rings is 1. The molecular weight excluding hydrogens is 516 g/mol. The Hall–Kier alpha value is -4.61. The number of carbonyl (C=O) groups is 1. The third kappa shape index (κ3) is 4.12. The maximum absolute atomic E-state index is 12.3. The van der Waals surface area contributed by atoms with E-state index >= 15 is 0 Å². The van der Waals surface area contributed by atoms with Gasteiger partial charge in [-0.25, -0.2) is 28.1 Å². The van der Waals surface area contributed by atoms with Crippen LogP contribution in [0.5, 0.6) is 0 Å². The molecule has 7 rings (SSSR count). The summed E-state index contributed by atoms with van der Waals surface area (Å²) in [7, 11) is -3.83. The Morgan fingerprint density at radius 1 is 0.949 bits per heavy atom. The fourth-order valence-electron chi connectivity index (χ4n) is 4.95. The maximum atomic E-state index is 12.3. The third-order valence-electron chi connectivity index (χ3n) is 6.89. The fraction of sp³-hybridized carbons (Fsp3) is 0.143. The van der Waals surface area contributed by atoms with Crippen LogP contribution >= 0.6 is 0 Å². The number of imidazole rings is 1. The molecule has 0 spiro atoms. The third-order valence-corrected chi connectivity index (χ3v) is 8.27. The van der Waals surface area contributed by atoms with Crippen molar-refractivity contribution in [1.29, 1.82) is 0 Å². The molecule has 39 heavy (non-hydrogen) atoms. The number of ether oxygens (including phenoxy) is 1. The Balaban J connectivity index is 1.34. The van der Waals surface area contributed by atoms with Crippen LogP contribution in [0.15, 0.2) is 71.9 Å². The number of aromatic nitrogens is 4. The van der Waals surface area contributed by atoms with Gasteiger partial charge in [-0.2, -0.15) is 0 Å². The van der Waals surface area contributed by atoms with Gasteiger partial charge >= 0.3 is 0 Å². The summed E-state index contributed by atoms with van der Waals surface area (Å²) < 4.78 is 33.9. The van der Waals surface area contributed by atoms with E-state index in [0.717, 1.165) is 22.4 Å². The number of nitrogens with zero attached hydrogens (tertiary/aromatic N) is 5. The molecule has 2 aliphatic heterocycles. The average molecular weight is 539 g/mol. The highest BCUT2D eigenvalue weighted by atomic mass is 32.2. The second kappa shape index (κ2) is 9.00. The monoisotopic (exact) mass is 538 g/mol. The summed E-state index contributed by atoms with van der Waals surface area (Å²) in [4.78, 5) is 28.8. The normalized spacial score (nSPS) is 16.7. The lowest BCUT2D eigenvalue weighted by Crippen LogP contribution is -2.37. The van der Waals surface area contributed by atoms with Gasteiger partial charge in [0.15, 0.2) is 11.5 Å². The van der Waals surface area contributed by atoms with Crippen molar-refractivity contribution in [3.63, 3.8) is 0 Å². The number of amides is 1. The molecule has 5 aromatic rings. The highest BCUT2D eigenvalue weighted by molar-refractivity contribution is 7.90. The van der Waals surface area contributed by atoms with Crippen molar-refractivity contribution in [3.05, 3.63) is 83.9 Å². The SMILES string of the molecule is O=C1NS(=O)(=O)c2ccc(-c3cnc(N4CCOCC4)c4nc(C=Cc5ccc6ccccc6n5)cn34)cc21. The molecule has 11 heteroatoms. The molecule has 0 bridgehead atoms. The fourth-order valence-corrected chi connectivity index (χ4v) is 6.10. The lowest BCUT2D eigenvalue weighted by Gasteiger charge is -2.28. The number of hydrogen-bond acceptors (Lipinski definition) is 8. The zero-order chi connectivity index (χ0) is 26.6. The van der Waals surface area contributed by atoms with Gasteiger partial charge < -0.3 is 9.64 Å². The van der Waals surface area contributed by atoms with E-state index in [2.05, 4.69) is 4.90 Å². The maximum Gasteiger partial charge on any atom is 0.266 e. The number of hydrogen-bond donors (Lipinski definition) is 1. The number of rotatable bonds is 4. The van der Waals surface area contributed by atoms with Gasteiger partial charge in [0, 0.05) is 30.2 Å². The first-order valence-electron chi connectivity index (χ1n) is 12.4. The summed E-state index contributed by atoms with van der Waals surface area (Å²) in [5.41, 5.74) is 4.52. The summed E-state index contributed by atoms with van der Waals surface area (Å²) >= 11 is 0. The largest absolute Gasteiger partial charge is 0.378 e. The lowest BCUT2D eigenvalue weighted by atomic mass is 10.1. The molecule has 1 amide bonds. The van der Waals surface area contributed by atoms with E-state index in [4.69, 9.17) is 19.7 Å². The highest BCUT2D eigenvalue weighted by Gasteiger charge is 2.33. The predicted molar refractivity (Wildman–Crippen MR) is 147 cm³/mol. The average Bonchev–Trinajstić information content (AvgIpc) is 3.49. The Morgan fingerprint density at radius 2 is 1.77 bits per heavy atom. The van der Waals surface area contributed by atoms with E-state index in [1.807, 2.05) is 63.9 Å². The van der Waals surface area contributed by atoms with Gasteiger partial charge in [0.05, 0.1) is 47.6 Å². The summed E-state index contributed by atoms with van der Waals surface area (Å²) in [5, 5.41) is 1.07. The number of morpholine rings is 1. The molecule has 1 saturated heterocycles. The minimum atomic E-state index is -3.83. The Morgan fingerprint density at radius 3 is 2.64 bits per heavy atom. The van der Waals surface area contributed by atoms with Gasteiger partial charge in [-0.1, -0.05) is 30.3 Å². The molecule has 1 N–H and O–H groups in total. The van der Waals surface area contributed by atoms with E-state index in [0.29, 0.717) is 48.9 Å². The molecule has 194 valence electrons. The topological polar surface area (TPSA) is 119 Å². The van der Waals surface area contributed by atoms with Gasteiger partial charge in [0.25, 0.3) is 15.9 Å². The lowest BCUT2D eigenvalue weighted by molar-refractivity contribution is 0.0985. The number of para-hydroxylation sites is 1. The Bertz CT molecular complexity index is 1930. The molecule has 0 unspecified atom stereocenters. The van der Waals surface area contributed by atoms with Crippen LogP contribution in [0.25, 0.3) is 40.0 Å². The minimum Gasteiger partial charge on any atom is -0.378 e. The summed E-state index contributed by atoms with van der Waals surface area (Å²) in [6.45, 7) is 2.59. The van der Waals surface area contributed by atoms with E-state index < -0.39 is 15.9 Å². The van der Waals surface area contributed by atoms with Gasteiger partial charge in [-0.15, -0.1) is 0 Å². The molecule has 0 atom stereocenters. The zero-order valence-electron chi connectivity index (χ0n) is 20.6. The Labute approximate surface area is 223 Å². The van der Waals surface area contributed by atoms with Crippen LogP contribution in [0, 0.1) is 0 Å². The molecule has 3 aromatic heterocycles. The van der Waals surface area contributed by atoms with Crippen LogP contribution in [0.1, 0.15) is 21.7 Å². The van der Waals surface area contributed by atoms with Crippen molar-refractivity contribution in [3.8, 4) is 11.3 Å². The standard InChI is InChI=1S/C28H22N6O4S/c35-28-22-15-19(6-10-25(22)39(36,37)32-28)24-16-29-26(33-11-13-38-14-12-33)27-31-21(17-34(24)27)9-8-20-7-5-18-3-1-2-4-23(18)30-20/h1-10,15-17H,11-14H2,(H,32,35). The molecule has 5 heterocycles. The van der Waals surface area contributed by atoms with E-state index in [9.17, 15) is 13.2 Å². The number of carbonyl (C=O) groups excluding carboxylic acids is 1. The highest BCUT2D eigenvalue weighted by Crippen LogP contribution is 2.31. The van der Waals surface area contributed by atoms with Gasteiger partial charge in [-0.05, 0) is 36.4 Å². The van der Waals surface area contributed by atoms with E-state index in [1.54, 1.807) is 18.3 Å². The van der Waals surface area contributed by atoms with E-state index in [-0.39, 0.29) is 10.5 Å². The quantitative estimate of drug-likeness (QED) is 0.370. The van der Waals surface area contributed by atoms with Gasteiger partial charge in [0.2, 0.25) is 0 Å². The second-order valence-electron chi connectivity index (χ2n) is 9.33. The number of anilines is 1. The van der Waals surface area contributed by atoms with E-state index in [1.165, 1.54) is 6.07 Å². The summed E-state index contributed by atoms with van der Waals surface area (Å²) in [5.74, 6) is 0.0881. The minimum absolute atomic E-state index is 0.0254. The van der Waals surface area contributed by atoms with Crippen molar-refractivity contribution in [1.82, 2.24) is 24.1 Å². The van der Waals surface area contributed by atoms with Gasteiger partial charge in [0.1, 0.15) is 4.90 Å². The first-order valence-corrected chi connectivity index (χ1v) is 13.9. The second-order valence-corrected chi connectivity index (χ2v) is 11.0. The molecule has 2 aliphatic rings. The number of benzene rings is 2. The molecule has 0 saturated carbocycles. The predicted octanol–water partition coefficient (Wildman–Crippen LogP) is 3.38. The summed E-state index contributed by atoms with van der Waals surface area (Å²) in [6, 6.07) is 16.7. The first-order chi connectivity index (χ1) is 19.0. The molecular formula is C28H22N6O4S. The summed E-state index contributed by atoms with van der Waals surface area (Å²) in [6.07, 6.45) is 7.44.